The van der Waals surface area contributed by atoms with Crippen molar-refractivity contribution in [2.45, 2.75) is 56.9 Å². The Balaban J connectivity index is 1.65. The van der Waals surface area contributed by atoms with Crippen molar-refractivity contribution in [3.8, 4) is 0 Å². The Morgan fingerprint density at radius 3 is 2.28 bits per heavy atom. The summed E-state index contributed by atoms with van der Waals surface area (Å²) in [6.07, 6.45) is 4.19. The lowest BCUT2D eigenvalue weighted by atomic mass is 9.66. The highest BCUT2D eigenvalue weighted by atomic mass is 35.5. The average molecular weight is 606 g/mol. The summed E-state index contributed by atoms with van der Waals surface area (Å²) in [5, 5.41) is 10.9. The van der Waals surface area contributed by atoms with E-state index in [1.165, 1.54) is 9.80 Å². The molecule has 2 bridgehead atoms. The summed E-state index contributed by atoms with van der Waals surface area (Å²) in [5.74, 6) is -2.90. The summed E-state index contributed by atoms with van der Waals surface area (Å²) < 4.78 is 6.85. The predicted octanol–water partition coefficient (Wildman–Crippen LogP) is 4.86. The molecular weight excluding hydrogens is 566 g/mol. The molecule has 1 N–H and O–H groups in total. The zero-order valence-electron chi connectivity index (χ0n) is 25.0. The van der Waals surface area contributed by atoms with Gasteiger partial charge in [0.25, 0.3) is 5.91 Å². The van der Waals surface area contributed by atoms with Crippen LogP contribution in [-0.4, -0.2) is 70.7 Å². The normalized spacial score (nSPS) is 28.1. The maximum atomic E-state index is 14.8. The van der Waals surface area contributed by atoms with E-state index in [4.69, 9.17) is 16.3 Å². The number of likely N-dealkylation sites (tertiary alicyclic amines) is 1. The van der Waals surface area contributed by atoms with E-state index < -0.39 is 35.1 Å². The number of aliphatic hydroxyl groups is 1. The van der Waals surface area contributed by atoms with Gasteiger partial charge in [-0.25, -0.2) is 0 Å². The van der Waals surface area contributed by atoms with E-state index in [0.29, 0.717) is 29.2 Å². The Hall–Kier alpha value is -3.46. The van der Waals surface area contributed by atoms with E-state index in [1.54, 1.807) is 41.3 Å². The molecule has 2 unspecified atom stereocenters. The van der Waals surface area contributed by atoms with Crippen LogP contribution in [0.25, 0.3) is 0 Å². The maximum Gasteiger partial charge on any atom is 0.253 e. The smallest absolute Gasteiger partial charge is 0.253 e. The first-order chi connectivity index (χ1) is 20.6. The number of carbonyl (C=O) groups is 3. The summed E-state index contributed by atoms with van der Waals surface area (Å²) in [7, 11) is 0. The number of hydrogen-bond acceptors (Lipinski definition) is 5. The molecule has 0 radical (unpaired) electrons. The molecule has 0 aromatic heterocycles. The molecule has 8 nitrogen and oxygen atoms in total. The molecule has 3 amide bonds. The van der Waals surface area contributed by atoms with Crippen molar-refractivity contribution in [3.05, 3.63) is 84.9 Å². The molecule has 228 valence electrons. The van der Waals surface area contributed by atoms with Crippen LogP contribution in [0.15, 0.2) is 79.9 Å². The molecule has 9 heteroatoms. The van der Waals surface area contributed by atoms with Crippen molar-refractivity contribution in [1.82, 2.24) is 4.90 Å². The summed E-state index contributed by atoms with van der Waals surface area (Å²) >= 11 is 6.57. The highest BCUT2D eigenvalue weighted by Crippen LogP contribution is 2.64. The number of para-hydroxylation sites is 2. The molecule has 2 aromatic rings. The molecular formula is C34H40ClN3O5. The van der Waals surface area contributed by atoms with Crippen LogP contribution in [0.1, 0.15) is 33.6 Å². The zero-order valence-corrected chi connectivity index (χ0v) is 25.7. The van der Waals surface area contributed by atoms with Crippen molar-refractivity contribution in [1.29, 1.82) is 0 Å². The highest BCUT2D eigenvalue weighted by molar-refractivity contribution is 6.34. The zero-order chi connectivity index (χ0) is 31.1. The summed E-state index contributed by atoms with van der Waals surface area (Å²) in [4.78, 5) is 48.7. The molecule has 3 heterocycles. The second-order valence-corrected chi connectivity index (χ2v) is 12.6. The van der Waals surface area contributed by atoms with Gasteiger partial charge < -0.3 is 24.5 Å². The van der Waals surface area contributed by atoms with Crippen LogP contribution >= 0.6 is 11.6 Å². The molecule has 3 aliphatic heterocycles. The lowest BCUT2D eigenvalue weighted by Gasteiger charge is -2.40. The number of nitrogens with zero attached hydrogens (tertiary/aromatic N) is 3. The molecule has 5 rings (SSSR count). The number of hydrogen-bond donors (Lipinski definition) is 1. The van der Waals surface area contributed by atoms with Gasteiger partial charge in [-0.05, 0) is 49.9 Å². The molecule has 0 aliphatic carbocycles. The lowest BCUT2D eigenvalue weighted by Crippen LogP contribution is -2.60. The lowest BCUT2D eigenvalue weighted by molar-refractivity contribution is -0.149. The first kappa shape index (κ1) is 31.0. The van der Waals surface area contributed by atoms with Crippen molar-refractivity contribution in [2.24, 2.45) is 17.8 Å². The number of benzene rings is 2. The van der Waals surface area contributed by atoms with Crippen molar-refractivity contribution in [3.63, 3.8) is 0 Å². The molecule has 43 heavy (non-hydrogen) atoms. The molecule has 1 spiro atoms. The van der Waals surface area contributed by atoms with Crippen LogP contribution < -0.4 is 9.80 Å². The standard InChI is InChI=1S/C34H40ClN3O5/c1-6-19-36(23-13-9-8-10-14-23)30(40)27-28-31(41)38(26(21-39)22(3)4)29(34(28)18-17-33(27,5)43-34)32(42)37(20-7-2)25-16-12-11-15-24(25)35/h6-16,22,26-29,39H,1-2,17-21H2,3-5H3/t26-,27-,28-,29?,33+,34?/m0/s1. The predicted molar refractivity (Wildman–Crippen MR) is 168 cm³/mol. The molecule has 2 aromatic carbocycles. The molecule has 3 saturated heterocycles. The molecule has 3 fully saturated rings. The number of carbonyl (C=O) groups excluding carboxylic acids is 3. The second kappa shape index (κ2) is 11.9. The van der Waals surface area contributed by atoms with Gasteiger partial charge in [0.2, 0.25) is 11.8 Å². The van der Waals surface area contributed by atoms with Crippen LogP contribution in [0, 0.1) is 17.8 Å². The quantitative estimate of drug-likeness (QED) is 0.370. The maximum absolute atomic E-state index is 14.8. The fourth-order valence-electron chi connectivity index (χ4n) is 7.48. The van der Waals surface area contributed by atoms with Gasteiger partial charge in [0.1, 0.15) is 11.6 Å². The highest BCUT2D eigenvalue weighted by Gasteiger charge is 2.79. The summed E-state index contributed by atoms with van der Waals surface area (Å²) in [5.41, 5.74) is -1.05. The van der Waals surface area contributed by atoms with Crippen LogP contribution in [-0.2, 0) is 19.1 Å². The number of ether oxygens (including phenoxy) is 1. The van der Waals surface area contributed by atoms with Crippen molar-refractivity contribution in [2.75, 3.05) is 29.5 Å². The number of amides is 3. The van der Waals surface area contributed by atoms with Gasteiger partial charge in [-0.1, -0.05) is 67.9 Å². The second-order valence-electron chi connectivity index (χ2n) is 12.2. The van der Waals surface area contributed by atoms with Crippen LogP contribution in [0.5, 0.6) is 0 Å². The Kier molecular flexibility index (Phi) is 8.58. The SMILES string of the molecule is C=CCN(C(=O)[C@@H]1[C@H]2C(=O)N([C@@H](CO)C(C)C)C(C(=O)N(CC=C)c3ccccc3Cl)C23CC[C@@]1(C)O3)c1ccccc1. The van der Waals surface area contributed by atoms with Gasteiger partial charge in [-0.15, -0.1) is 13.2 Å². The Bertz CT molecular complexity index is 1420. The van der Waals surface area contributed by atoms with Gasteiger partial charge in [-0.3, -0.25) is 14.4 Å². The summed E-state index contributed by atoms with van der Waals surface area (Å²) in [6.45, 7) is 13.5. The Labute approximate surface area is 258 Å². The van der Waals surface area contributed by atoms with Gasteiger partial charge in [-0.2, -0.15) is 0 Å². The first-order valence-corrected chi connectivity index (χ1v) is 15.2. The molecule has 6 atom stereocenters. The summed E-state index contributed by atoms with van der Waals surface area (Å²) in [6, 6.07) is 14.6. The number of fused-ring (bicyclic) bond motifs is 1. The molecule has 0 saturated carbocycles. The average Bonchev–Trinajstić information content (AvgIpc) is 3.56. The van der Waals surface area contributed by atoms with E-state index in [1.807, 2.05) is 51.1 Å². The van der Waals surface area contributed by atoms with E-state index in [-0.39, 0.29) is 43.3 Å². The third-order valence-corrected chi connectivity index (χ3v) is 9.71. The van der Waals surface area contributed by atoms with E-state index >= 15 is 0 Å². The minimum absolute atomic E-state index is 0.147. The number of anilines is 2. The van der Waals surface area contributed by atoms with E-state index in [2.05, 4.69) is 13.2 Å². The van der Waals surface area contributed by atoms with Crippen LogP contribution in [0.2, 0.25) is 5.02 Å². The third kappa shape index (κ3) is 4.89. The van der Waals surface area contributed by atoms with Gasteiger partial charge in [0.15, 0.2) is 0 Å². The van der Waals surface area contributed by atoms with E-state index in [9.17, 15) is 19.5 Å². The van der Waals surface area contributed by atoms with Crippen LogP contribution in [0.3, 0.4) is 0 Å². The third-order valence-electron chi connectivity index (χ3n) is 9.39. The largest absolute Gasteiger partial charge is 0.394 e. The van der Waals surface area contributed by atoms with Gasteiger partial charge in [0, 0.05) is 18.8 Å². The first-order valence-electron chi connectivity index (χ1n) is 14.8. The number of halogens is 1. The molecule has 3 aliphatic rings. The van der Waals surface area contributed by atoms with Gasteiger partial charge >= 0.3 is 0 Å². The van der Waals surface area contributed by atoms with Crippen LogP contribution in [0.4, 0.5) is 11.4 Å². The fraction of sp³-hybridized carbons (Fsp3) is 0.441. The van der Waals surface area contributed by atoms with Crippen molar-refractivity contribution >= 4 is 40.7 Å². The van der Waals surface area contributed by atoms with Gasteiger partial charge in [0.05, 0.1) is 40.8 Å². The topological polar surface area (TPSA) is 90.4 Å². The minimum atomic E-state index is -1.26. The minimum Gasteiger partial charge on any atom is -0.394 e. The van der Waals surface area contributed by atoms with Crippen molar-refractivity contribution < 1.29 is 24.2 Å². The number of rotatable bonds is 11. The van der Waals surface area contributed by atoms with E-state index in [0.717, 1.165) is 0 Å². The monoisotopic (exact) mass is 605 g/mol. The Morgan fingerprint density at radius 2 is 1.67 bits per heavy atom. The fourth-order valence-corrected chi connectivity index (χ4v) is 7.72. The Morgan fingerprint density at radius 1 is 1.05 bits per heavy atom. The number of aliphatic hydroxyl groups excluding tert-OH is 1.